The Morgan fingerprint density at radius 1 is 1.50 bits per heavy atom. The van der Waals surface area contributed by atoms with Crippen molar-refractivity contribution in [3.8, 4) is 0 Å². The molecule has 3 nitrogen and oxygen atoms in total. The number of alkyl halides is 3. The van der Waals surface area contributed by atoms with Crippen LogP contribution in [0.25, 0.3) is 0 Å². The van der Waals surface area contributed by atoms with Crippen molar-refractivity contribution in [2.45, 2.75) is 43.9 Å². The molecular formula is C11H17F3N2OS. The van der Waals surface area contributed by atoms with Gasteiger partial charge in [-0.2, -0.15) is 13.2 Å². The quantitative estimate of drug-likeness (QED) is 0.858. The molecule has 7 heteroatoms. The van der Waals surface area contributed by atoms with Crippen LogP contribution >= 0.6 is 11.8 Å². The van der Waals surface area contributed by atoms with E-state index in [1.165, 1.54) is 0 Å². The third-order valence-corrected chi connectivity index (χ3v) is 4.12. The van der Waals surface area contributed by atoms with Gasteiger partial charge in [0.15, 0.2) is 0 Å². The van der Waals surface area contributed by atoms with E-state index in [2.05, 4.69) is 5.32 Å². The zero-order valence-corrected chi connectivity index (χ0v) is 11.2. The molecule has 1 N–H and O–H groups in total. The van der Waals surface area contributed by atoms with Crippen LogP contribution in [0.15, 0.2) is 0 Å². The largest absolute Gasteiger partial charge is 0.441 e. The zero-order chi connectivity index (χ0) is 13.6. The van der Waals surface area contributed by atoms with Crippen molar-refractivity contribution >= 4 is 17.7 Å². The van der Waals surface area contributed by atoms with E-state index in [1.54, 1.807) is 4.90 Å². The van der Waals surface area contributed by atoms with E-state index in [9.17, 15) is 18.0 Å². The predicted octanol–water partition coefficient (Wildman–Crippen LogP) is 2.19. The van der Waals surface area contributed by atoms with E-state index in [1.807, 2.05) is 13.8 Å². The summed E-state index contributed by atoms with van der Waals surface area (Å²) in [5, 5.41) is 3.27. The molecule has 2 fully saturated rings. The van der Waals surface area contributed by atoms with E-state index < -0.39 is 11.0 Å². The van der Waals surface area contributed by atoms with Crippen molar-refractivity contribution in [3.63, 3.8) is 0 Å². The van der Waals surface area contributed by atoms with Gasteiger partial charge in [-0.25, -0.2) is 0 Å². The van der Waals surface area contributed by atoms with Crippen LogP contribution in [0.4, 0.5) is 13.2 Å². The Kier molecular flexibility index (Phi) is 3.57. The van der Waals surface area contributed by atoms with E-state index in [0.29, 0.717) is 0 Å². The fourth-order valence-electron chi connectivity index (χ4n) is 2.33. The minimum Gasteiger partial charge on any atom is -0.324 e. The Morgan fingerprint density at radius 3 is 2.56 bits per heavy atom. The lowest BCUT2D eigenvalue weighted by Crippen LogP contribution is -2.42. The maximum Gasteiger partial charge on any atom is 0.441 e. The van der Waals surface area contributed by atoms with Gasteiger partial charge in [0.1, 0.15) is 0 Å². The van der Waals surface area contributed by atoms with Crippen molar-refractivity contribution in [2.75, 3.05) is 12.3 Å². The molecule has 1 atom stereocenters. The second kappa shape index (κ2) is 4.59. The number of carbonyl (C=O) groups excluding carboxylic acids is 1. The summed E-state index contributed by atoms with van der Waals surface area (Å²) in [6.45, 7) is 4.09. The first-order chi connectivity index (χ1) is 8.25. The van der Waals surface area contributed by atoms with Crippen LogP contribution in [0.2, 0.25) is 0 Å². The van der Waals surface area contributed by atoms with Gasteiger partial charge in [-0.3, -0.25) is 10.1 Å². The summed E-state index contributed by atoms with van der Waals surface area (Å²) in [4.78, 5) is 13.7. The Balaban J connectivity index is 1.94. The van der Waals surface area contributed by atoms with E-state index >= 15 is 0 Å². The van der Waals surface area contributed by atoms with E-state index in [4.69, 9.17) is 0 Å². The topological polar surface area (TPSA) is 32.3 Å². The molecule has 1 amide bonds. The highest BCUT2D eigenvalue weighted by Crippen LogP contribution is 2.43. The first-order valence-corrected chi connectivity index (χ1v) is 7.03. The van der Waals surface area contributed by atoms with Crippen LogP contribution in [0, 0.1) is 5.92 Å². The van der Waals surface area contributed by atoms with Crippen molar-refractivity contribution in [2.24, 2.45) is 5.92 Å². The molecule has 1 aliphatic carbocycles. The predicted molar refractivity (Wildman–Crippen MR) is 64.0 cm³/mol. The molecule has 0 aromatic rings. The van der Waals surface area contributed by atoms with Crippen LogP contribution in [0.5, 0.6) is 0 Å². The summed E-state index contributed by atoms with van der Waals surface area (Å²) < 4.78 is 36.3. The van der Waals surface area contributed by atoms with Gasteiger partial charge in [0.05, 0.1) is 11.7 Å². The summed E-state index contributed by atoms with van der Waals surface area (Å²) in [6.07, 6.45) is 1.48. The van der Waals surface area contributed by atoms with Gasteiger partial charge < -0.3 is 4.90 Å². The highest BCUT2D eigenvalue weighted by atomic mass is 32.2. The second-order valence-corrected chi connectivity index (χ2v) is 6.37. The first-order valence-electron chi connectivity index (χ1n) is 6.05. The van der Waals surface area contributed by atoms with Gasteiger partial charge in [0.2, 0.25) is 5.91 Å². The molecular weight excluding hydrogens is 265 g/mol. The molecule has 1 saturated heterocycles. The Bertz CT molecular complexity index is 342. The van der Waals surface area contributed by atoms with Crippen LogP contribution in [0.1, 0.15) is 26.7 Å². The molecule has 2 rings (SSSR count). The van der Waals surface area contributed by atoms with Gasteiger partial charge >= 0.3 is 5.51 Å². The molecule has 0 aromatic heterocycles. The van der Waals surface area contributed by atoms with Gasteiger partial charge in [0.25, 0.3) is 0 Å². The zero-order valence-electron chi connectivity index (χ0n) is 10.4. The molecule has 0 radical (unpaired) electrons. The molecule has 1 saturated carbocycles. The number of nitrogens with one attached hydrogen (secondary N) is 1. The SMILES string of the molecule is CC(C)C1NC2(CC2)C(=O)N1CCSC(F)(F)F. The first kappa shape index (κ1) is 14.0. The van der Waals surface area contributed by atoms with E-state index in [0.717, 1.165) is 12.8 Å². The van der Waals surface area contributed by atoms with E-state index in [-0.39, 0.29) is 42.1 Å². The fraction of sp³-hybridized carbons (Fsp3) is 0.909. The van der Waals surface area contributed by atoms with Crippen molar-refractivity contribution < 1.29 is 18.0 Å². The fourth-order valence-corrected chi connectivity index (χ4v) is 2.85. The number of hydrogen-bond donors (Lipinski definition) is 1. The van der Waals surface area contributed by atoms with Crippen molar-refractivity contribution in [3.05, 3.63) is 0 Å². The van der Waals surface area contributed by atoms with Crippen molar-refractivity contribution in [1.29, 1.82) is 0 Å². The molecule has 0 aromatic carbocycles. The molecule has 104 valence electrons. The third-order valence-electron chi connectivity index (χ3n) is 3.41. The number of halogens is 3. The Hall–Kier alpha value is -0.430. The number of carbonyl (C=O) groups is 1. The van der Waals surface area contributed by atoms with Crippen LogP contribution in [-0.2, 0) is 4.79 Å². The summed E-state index contributed by atoms with van der Waals surface area (Å²) in [7, 11) is 0. The second-order valence-electron chi connectivity index (χ2n) is 5.21. The number of thioether (sulfide) groups is 1. The normalized spacial score (nSPS) is 26.4. The monoisotopic (exact) mass is 282 g/mol. The van der Waals surface area contributed by atoms with Crippen LogP contribution < -0.4 is 5.32 Å². The molecule has 1 spiro atoms. The minimum absolute atomic E-state index is 0.0241. The number of rotatable bonds is 4. The van der Waals surface area contributed by atoms with Crippen molar-refractivity contribution in [1.82, 2.24) is 10.2 Å². The molecule has 1 aliphatic heterocycles. The molecule has 1 unspecified atom stereocenters. The third kappa shape index (κ3) is 2.77. The lowest BCUT2D eigenvalue weighted by atomic mass is 10.1. The summed E-state index contributed by atoms with van der Waals surface area (Å²) in [6, 6.07) is 0. The Morgan fingerprint density at radius 2 is 2.11 bits per heavy atom. The minimum atomic E-state index is -4.22. The number of hydrogen-bond acceptors (Lipinski definition) is 3. The summed E-state index contributed by atoms with van der Waals surface area (Å²) in [5.74, 6) is 0.0738. The van der Waals surface area contributed by atoms with Gasteiger partial charge in [-0.1, -0.05) is 13.8 Å². The smallest absolute Gasteiger partial charge is 0.324 e. The maximum absolute atomic E-state index is 12.1. The molecule has 2 aliphatic rings. The lowest BCUT2D eigenvalue weighted by Gasteiger charge is -2.27. The summed E-state index contributed by atoms with van der Waals surface area (Å²) >= 11 is -0.0649. The van der Waals surface area contributed by atoms with Gasteiger partial charge in [0, 0.05) is 12.3 Å². The lowest BCUT2D eigenvalue weighted by molar-refractivity contribution is -0.131. The highest BCUT2D eigenvalue weighted by molar-refractivity contribution is 8.00. The molecule has 1 heterocycles. The van der Waals surface area contributed by atoms with Gasteiger partial charge in [-0.15, -0.1) is 0 Å². The van der Waals surface area contributed by atoms with Gasteiger partial charge in [-0.05, 0) is 30.5 Å². The maximum atomic E-state index is 12.1. The Labute approximate surface area is 108 Å². The average Bonchev–Trinajstić information content (AvgIpc) is 2.94. The van der Waals surface area contributed by atoms with Crippen LogP contribution in [0.3, 0.4) is 0 Å². The highest BCUT2D eigenvalue weighted by Gasteiger charge is 2.59. The average molecular weight is 282 g/mol. The molecule has 18 heavy (non-hydrogen) atoms. The number of nitrogens with zero attached hydrogens (tertiary/aromatic N) is 1. The molecule has 0 bridgehead atoms. The van der Waals surface area contributed by atoms with Crippen LogP contribution in [-0.4, -0.2) is 40.3 Å². The number of amides is 1. The standard InChI is InChI=1S/C11H17F3N2OS/c1-7(2)8-15-10(3-4-10)9(17)16(8)5-6-18-11(12,13)14/h7-8,15H,3-6H2,1-2H3. The summed E-state index contributed by atoms with van der Waals surface area (Å²) in [5.41, 5.74) is -4.67.